The van der Waals surface area contributed by atoms with Crippen LogP contribution >= 0.6 is 12.4 Å². The molecule has 0 aliphatic heterocycles. The van der Waals surface area contributed by atoms with E-state index in [0.29, 0.717) is 30.9 Å². The fourth-order valence-electron chi connectivity index (χ4n) is 9.12. The fraction of sp³-hybridized carbons (Fsp3) is 0.339. The number of Topliss-reactive ketones (excluding diaryl/α,β-unsaturated/α-hetero) is 2. The Hall–Kier alpha value is -7.50. The Balaban J connectivity index is 0.000000202. The van der Waals surface area contributed by atoms with Gasteiger partial charge in [-0.25, -0.2) is 14.2 Å². The van der Waals surface area contributed by atoms with Crippen LogP contribution in [0.4, 0.5) is 4.79 Å². The van der Waals surface area contributed by atoms with Crippen molar-refractivity contribution in [2.45, 2.75) is 104 Å². The quantitative estimate of drug-likeness (QED) is 0.0373. The van der Waals surface area contributed by atoms with Crippen LogP contribution in [0, 0.1) is 25.7 Å². The Morgan fingerprint density at radius 2 is 1.08 bits per heavy atom. The van der Waals surface area contributed by atoms with E-state index in [4.69, 9.17) is 10.5 Å². The van der Waals surface area contributed by atoms with E-state index in [2.05, 4.69) is 70.8 Å². The lowest BCUT2D eigenvalue weighted by atomic mass is 9.97. The second-order valence-electron chi connectivity index (χ2n) is 20.9. The summed E-state index contributed by atoms with van der Waals surface area (Å²) in [5, 5.41) is 33.5. The maximum absolute atomic E-state index is 13.6. The number of alkyl carbamates (subject to hydrolysis) is 1. The molecular formula is C59H69ClN12O4. The molecule has 16 nitrogen and oxygen atoms in total. The maximum atomic E-state index is 13.6. The minimum Gasteiger partial charge on any atom is -0.444 e. The summed E-state index contributed by atoms with van der Waals surface area (Å²) in [6.07, 6.45) is 12.8. The van der Waals surface area contributed by atoms with Gasteiger partial charge < -0.3 is 26.4 Å². The summed E-state index contributed by atoms with van der Waals surface area (Å²) >= 11 is 0. The summed E-state index contributed by atoms with van der Waals surface area (Å²) in [5.74, 6) is 1.51. The predicted octanol–water partition coefficient (Wildman–Crippen LogP) is 9.74. The zero-order valence-corrected chi connectivity index (χ0v) is 44.7. The first-order valence-electron chi connectivity index (χ1n) is 25.9. The third-order valence-corrected chi connectivity index (χ3v) is 13.2. The highest BCUT2D eigenvalue weighted by Gasteiger charge is 2.26. The highest BCUT2D eigenvalue weighted by molar-refractivity contribution is 5.97. The number of carbonyl (C=O) groups is 3. The van der Waals surface area contributed by atoms with Crippen LogP contribution in [0.25, 0.3) is 11.4 Å². The van der Waals surface area contributed by atoms with E-state index in [9.17, 15) is 14.4 Å². The van der Waals surface area contributed by atoms with Gasteiger partial charge in [-0.1, -0.05) is 72.8 Å². The molecule has 10 rings (SSSR count). The van der Waals surface area contributed by atoms with Crippen LogP contribution < -0.4 is 21.7 Å². The van der Waals surface area contributed by atoms with E-state index in [1.807, 2.05) is 144 Å². The van der Waals surface area contributed by atoms with Crippen LogP contribution in [0.15, 0.2) is 134 Å². The van der Waals surface area contributed by atoms with Gasteiger partial charge >= 0.3 is 6.09 Å². The van der Waals surface area contributed by atoms with E-state index in [-0.39, 0.29) is 42.5 Å². The zero-order valence-electron chi connectivity index (χ0n) is 43.9. The SMILES string of the molecule is Cc1cc(C(=O)Cc2cccc(C(NCC3CC3)c3cn[nH]c3)c2)n(-c2cccc(CN)c2)n1.Cc1cc(C(=O)Cc2cccc(C(NCC3CC3)c3cn[nH]c3)c2)n(-c2cccc(CNC(=O)OC(C)(C)C)c2)n1.Cl. The molecule has 4 aromatic heterocycles. The van der Waals surface area contributed by atoms with Crippen LogP contribution in [0.1, 0.15) is 135 Å². The Morgan fingerprint density at radius 1 is 0.632 bits per heavy atom. The first-order valence-corrected chi connectivity index (χ1v) is 25.9. The molecule has 7 N–H and O–H groups in total. The van der Waals surface area contributed by atoms with Crippen molar-refractivity contribution < 1.29 is 19.1 Å². The monoisotopic (exact) mass is 1040 g/mol. The second-order valence-corrected chi connectivity index (χ2v) is 20.9. The van der Waals surface area contributed by atoms with E-state index in [1.54, 1.807) is 9.36 Å². The molecule has 17 heteroatoms. The lowest BCUT2D eigenvalue weighted by Gasteiger charge is -2.19. The molecule has 2 atom stereocenters. The summed E-state index contributed by atoms with van der Waals surface area (Å²) in [4.78, 5) is 39.1. The molecule has 2 aliphatic rings. The number of ketones is 2. The second kappa shape index (κ2) is 24.9. The molecule has 0 bridgehead atoms. The molecule has 4 aromatic carbocycles. The smallest absolute Gasteiger partial charge is 0.407 e. The summed E-state index contributed by atoms with van der Waals surface area (Å²) in [5.41, 5.74) is 17.7. The molecule has 2 aliphatic carbocycles. The van der Waals surface area contributed by atoms with Gasteiger partial charge in [-0.2, -0.15) is 20.4 Å². The summed E-state index contributed by atoms with van der Waals surface area (Å²) < 4.78 is 8.75. The molecule has 2 unspecified atom stereocenters. The third-order valence-electron chi connectivity index (χ3n) is 13.2. The van der Waals surface area contributed by atoms with E-state index in [1.165, 1.54) is 25.7 Å². The van der Waals surface area contributed by atoms with Crippen LogP contribution in [0.2, 0.25) is 0 Å². The number of aromatic amines is 2. The maximum Gasteiger partial charge on any atom is 0.407 e. The molecule has 0 radical (unpaired) electrons. The predicted molar refractivity (Wildman–Crippen MR) is 296 cm³/mol. The molecule has 4 heterocycles. The van der Waals surface area contributed by atoms with E-state index >= 15 is 0 Å². The molecule has 76 heavy (non-hydrogen) atoms. The highest BCUT2D eigenvalue weighted by atomic mass is 35.5. The number of aryl methyl sites for hydroxylation is 2. The van der Waals surface area contributed by atoms with Crippen molar-refractivity contribution in [1.82, 2.24) is 55.9 Å². The molecule has 0 saturated heterocycles. The van der Waals surface area contributed by atoms with Gasteiger partial charge in [0.25, 0.3) is 0 Å². The molecule has 2 saturated carbocycles. The third kappa shape index (κ3) is 14.9. The van der Waals surface area contributed by atoms with Crippen molar-refractivity contribution in [3.63, 3.8) is 0 Å². The number of benzene rings is 4. The van der Waals surface area contributed by atoms with Crippen molar-refractivity contribution in [1.29, 1.82) is 0 Å². The molecule has 2 fully saturated rings. The number of hydrogen-bond donors (Lipinski definition) is 6. The van der Waals surface area contributed by atoms with E-state index < -0.39 is 11.7 Å². The highest BCUT2D eigenvalue weighted by Crippen LogP contribution is 2.32. The average molecular weight is 1050 g/mol. The zero-order chi connectivity index (χ0) is 52.5. The number of hydrogen-bond acceptors (Lipinski definition) is 11. The van der Waals surface area contributed by atoms with Gasteiger partial charge in [0.15, 0.2) is 11.6 Å². The number of H-pyrrole nitrogens is 2. The Bertz CT molecular complexity index is 3200. The standard InChI is InChI=1S/C32H38N6O3.C27H30N6O.ClH/c1-21-13-28(38(37-21)27-10-6-8-24(15-27)18-34-31(40)41-32(2,3)4)29(39)16-23-7-5-9-25(14-23)30(26-19-35-36-20-26)33-17-22-11-12-22;1-18-10-25(33(32-18)24-7-3-5-21(12-24)14-28)26(34)13-20-4-2-6-22(11-20)27(23-16-30-31-17-23)29-15-19-8-9-19;/h5-10,13-15,19-20,22,30,33H,11-12,16-18H2,1-4H3,(H,34,40)(H,35,36);2-7,10-12,16-17,19,27,29H,8-9,13-15,28H2,1H3,(H,30,31);1H. The van der Waals surface area contributed by atoms with Gasteiger partial charge in [0.2, 0.25) is 0 Å². The number of carbonyl (C=O) groups excluding carboxylic acids is 3. The number of ether oxygens (including phenoxy) is 1. The first kappa shape index (κ1) is 54.8. The first-order chi connectivity index (χ1) is 36.2. The fourth-order valence-corrected chi connectivity index (χ4v) is 9.12. The molecule has 1 amide bonds. The van der Waals surface area contributed by atoms with Crippen LogP contribution in [0.5, 0.6) is 0 Å². The van der Waals surface area contributed by atoms with Crippen LogP contribution in [-0.4, -0.2) is 76.3 Å². The van der Waals surface area contributed by atoms with Gasteiger partial charge in [-0.3, -0.25) is 19.8 Å². The number of halogens is 1. The molecule has 0 spiro atoms. The molecular weight excluding hydrogens is 976 g/mol. The van der Waals surface area contributed by atoms with Crippen LogP contribution in [-0.2, 0) is 30.7 Å². The summed E-state index contributed by atoms with van der Waals surface area (Å²) in [7, 11) is 0. The summed E-state index contributed by atoms with van der Waals surface area (Å²) in [6, 6.07) is 35.7. The van der Waals surface area contributed by atoms with E-state index in [0.717, 1.165) is 92.2 Å². The van der Waals surface area contributed by atoms with Gasteiger partial charge in [-0.05, 0) is 155 Å². The number of nitrogens with two attached hydrogens (primary N) is 1. The number of nitrogens with zero attached hydrogens (tertiary/aromatic N) is 6. The van der Waals surface area contributed by atoms with Crippen LogP contribution in [0.3, 0.4) is 0 Å². The van der Waals surface area contributed by atoms with Gasteiger partial charge in [-0.15, -0.1) is 12.4 Å². The number of nitrogens with one attached hydrogen (secondary N) is 5. The Morgan fingerprint density at radius 3 is 1.51 bits per heavy atom. The Labute approximate surface area is 450 Å². The summed E-state index contributed by atoms with van der Waals surface area (Å²) in [6.45, 7) is 11.9. The normalized spacial score (nSPS) is 14.0. The van der Waals surface area contributed by atoms with Crippen molar-refractivity contribution in [2.24, 2.45) is 17.6 Å². The Kier molecular flexibility index (Phi) is 17.9. The van der Waals surface area contributed by atoms with Crippen molar-refractivity contribution in [3.8, 4) is 11.4 Å². The number of aromatic nitrogens is 8. The minimum absolute atomic E-state index is 0. The lowest BCUT2D eigenvalue weighted by molar-refractivity contribution is 0.0523. The lowest BCUT2D eigenvalue weighted by Crippen LogP contribution is -2.32. The molecule has 8 aromatic rings. The van der Waals surface area contributed by atoms with Gasteiger partial charge in [0.1, 0.15) is 17.0 Å². The minimum atomic E-state index is -0.569. The van der Waals surface area contributed by atoms with Gasteiger partial charge in [0.05, 0.1) is 47.2 Å². The number of amides is 1. The van der Waals surface area contributed by atoms with Gasteiger partial charge in [0, 0.05) is 49.5 Å². The number of rotatable bonds is 21. The average Bonchev–Trinajstić information content (AvgIpc) is 4.12. The largest absolute Gasteiger partial charge is 0.444 e. The van der Waals surface area contributed by atoms with Crippen molar-refractivity contribution >= 4 is 30.1 Å². The molecule has 396 valence electrons. The van der Waals surface area contributed by atoms with Crippen molar-refractivity contribution in [3.05, 3.63) is 201 Å². The van der Waals surface area contributed by atoms with Crippen molar-refractivity contribution in [2.75, 3.05) is 13.1 Å². The topological polar surface area (TPSA) is 216 Å².